The van der Waals surface area contributed by atoms with E-state index in [9.17, 15) is 17.6 Å². The summed E-state index contributed by atoms with van der Waals surface area (Å²) in [6.45, 7) is 0.905. The van der Waals surface area contributed by atoms with Crippen molar-refractivity contribution in [1.29, 1.82) is 0 Å². The summed E-state index contributed by atoms with van der Waals surface area (Å²) in [5.41, 5.74) is 0.968. The lowest BCUT2D eigenvalue weighted by Gasteiger charge is -2.31. The second kappa shape index (κ2) is 8.63. The Kier molecular flexibility index (Phi) is 5.94. The van der Waals surface area contributed by atoms with Crippen molar-refractivity contribution < 1.29 is 17.6 Å². The van der Waals surface area contributed by atoms with Gasteiger partial charge in [0, 0.05) is 24.7 Å². The van der Waals surface area contributed by atoms with E-state index in [1.54, 1.807) is 11.1 Å². The van der Waals surface area contributed by atoms with E-state index >= 15 is 0 Å². The zero-order chi connectivity index (χ0) is 21.1. The van der Waals surface area contributed by atoms with Crippen molar-refractivity contribution in [2.75, 3.05) is 13.1 Å². The first-order valence-corrected chi connectivity index (χ1v) is 11.8. The monoisotopic (exact) mass is 445 g/mol. The van der Waals surface area contributed by atoms with Gasteiger partial charge in [0.15, 0.2) is 0 Å². The summed E-state index contributed by atoms with van der Waals surface area (Å²) >= 11 is 1.35. The molecule has 0 saturated carbocycles. The topological polar surface area (TPSA) is 79.4 Å². The molecule has 1 amide bonds. The molecule has 1 fully saturated rings. The van der Waals surface area contributed by atoms with Gasteiger partial charge in [0.1, 0.15) is 15.7 Å². The van der Waals surface area contributed by atoms with Crippen LogP contribution in [-0.2, 0) is 10.0 Å². The van der Waals surface area contributed by atoms with Crippen molar-refractivity contribution in [2.24, 2.45) is 0 Å². The highest BCUT2D eigenvalue weighted by atomic mass is 32.2. The Labute approximate surface area is 178 Å². The zero-order valence-electron chi connectivity index (χ0n) is 16.0. The Morgan fingerprint density at radius 3 is 2.40 bits per heavy atom. The summed E-state index contributed by atoms with van der Waals surface area (Å²) in [6, 6.07) is 14.1. The summed E-state index contributed by atoms with van der Waals surface area (Å²) in [6.07, 6.45) is 2.62. The first-order valence-electron chi connectivity index (χ1n) is 9.51. The number of nitrogens with one attached hydrogen (secondary N) is 1. The third-order valence-corrected chi connectivity index (χ3v) is 7.54. The molecule has 30 heavy (non-hydrogen) atoms. The molecule has 156 valence electrons. The fourth-order valence-electron chi connectivity index (χ4n) is 3.34. The molecule has 2 aromatic carbocycles. The lowest BCUT2D eigenvalue weighted by Crippen LogP contribution is -2.46. The second-order valence-corrected chi connectivity index (χ2v) is 9.78. The molecule has 1 aliphatic rings. The van der Waals surface area contributed by atoms with Gasteiger partial charge in [-0.05, 0) is 37.1 Å². The number of hydrogen-bond acceptors (Lipinski definition) is 5. The smallest absolute Gasteiger partial charge is 0.265 e. The van der Waals surface area contributed by atoms with Crippen molar-refractivity contribution in [1.82, 2.24) is 14.6 Å². The van der Waals surface area contributed by atoms with Gasteiger partial charge in [0.05, 0.1) is 11.1 Å². The van der Waals surface area contributed by atoms with Crippen LogP contribution in [0.2, 0.25) is 0 Å². The molecule has 1 N–H and O–H groups in total. The van der Waals surface area contributed by atoms with Crippen LogP contribution in [-0.4, -0.2) is 43.3 Å². The van der Waals surface area contributed by atoms with Crippen LogP contribution >= 0.6 is 11.3 Å². The first kappa shape index (κ1) is 20.6. The number of benzene rings is 2. The Morgan fingerprint density at radius 1 is 1.07 bits per heavy atom. The normalized spacial score (nSPS) is 15.3. The van der Waals surface area contributed by atoms with Crippen LogP contribution in [0.4, 0.5) is 4.39 Å². The van der Waals surface area contributed by atoms with Crippen LogP contribution < -0.4 is 4.72 Å². The number of rotatable bonds is 5. The average Bonchev–Trinajstić information content (AvgIpc) is 3.25. The summed E-state index contributed by atoms with van der Waals surface area (Å²) in [5, 5.41) is 0.792. The van der Waals surface area contributed by atoms with Gasteiger partial charge in [0.2, 0.25) is 10.0 Å². The van der Waals surface area contributed by atoms with E-state index < -0.39 is 15.8 Å². The van der Waals surface area contributed by atoms with Crippen LogP contribution in [0, 0.1) is 5.82 Å². The molecule has 1 aliphatic heterocycles. The predicted octanol–water partition coefficient (Wildman–Crippen LogP) is 3.53. The molecule has 1 aromatic heterocycles. The molecule has 9 heteroatoms. The summed E-state index contributed by atoms with van der Waals surface area (Å²) in [7, 11) is -3.72. The Bertz CT molecular complexity index is 1120. The van der Waals surface area contributed by atoms with Gasteiger partial charge in [-0.15, -0.1) is 11.3 Å². The number of aromatic nitrogens is 1. The zero-order valence-corrected chi connectivity index (χ0v) is 17.6. The van der Waals surface area contributed by atoms with Gasteiger partial charge in [-0.2, -0.15) is 0 Å². The molecule has 1 saturated heterocycles. The van der Waals surface area contributed by atoms with Gasteiger partial charge in [-0.25, -0.2) is 22.5 Å². The maximum Gasteiger partial charge on any atom is 0.265 e. The van der Waals surface area contributed by atoms with Crippen molar-refractivity contribution in [3.05, 3.63) is 71.5 Å². The SMILES string of the molecule is O=C(c1cnc(-c2ccccc2)s1)N1CCC(NS(=O)(=O)c2ccc(F)cc2)CC1. The van der Waals surface area contributed by atoms with Crippen LogP contribution in [0.3, 0.4) is 0 Å². The van der Waals surface area contributed by atoms with Crippen LogP contribution in [0.5, 0.6) is 0 Å². The number of piperidine rings is 1. The number of thiazole rings is 1. The lowest BCUT2D eigenvalue weighted by atomic mass is 10.1. The lowest BCUT2D eigenvalue weighted by molar-refractivity contribution is 0.0716. The molecule has 3 aromatic rings. The van der Waals surface area contributed by atoms with Gasteiger partial charge in [0.25, 0.3) is 5.91 Å². The first-order chi connectivity index (χ1) is 14.4. The van der Waals surface area contributed by atoms with Crippen molar-refractivity contribution in [2.45, 2.75) is 23.8 Å². The molecule has 2 heterocycles. The largest absolute Gasteiger partial charge is 0.338 e. The van der Waals surface area contributed by atoms with E-state index in [1.807, 2.05) is 30.3 Å². The molecular weight excluding hydrogens is 425 g/mol. The molecule has 0 radical (unpaired) electrons. The van der Waals surface area contributed by atoms with Crippen molar-refractivity contribution >= 4 is 27.3 Å². The van der Waals surface area contributed by atoms with Crippen LogP contribution in [0.25, 0.3) is 10.6 Å². The molecule has 0 aliphatic carbocycles. The molecule has 0 atom stereocenters. The minimum atomic E-state index is -3.72. The van der Waals surface area contributed by atoms with Crippen LogP contribution in [0.1, 0.15) is 22.5 Å². The maximum atomic E-state index is 13.0. The highest BCUT2D eigenvalue weighted by Gasteiger charge is 2.28. The molecule has 0 bridgehead atoms. The Balaban J connectivity index is 1.36. The number of carbonyl (C=O) groups is 1. The highest BCUT2D eigenvalue weighted by Crippen LogP contribution is 2.26. The summed E-state index contributed by atoms with van der Waals surface area (Å²) in [5.74, 6) is -0.575. The van der Waals surface area contributed by atoms with Crippen molar-refractivity contribution in [3.63, 3.8) is 0 Å². The third kappa shape index (κ3) is 4.58. The van der Waals surface area contributed by atoms with Gasteiger partial charge in [-0.3, -0.25) is 4.79 Å². The minimum absolute atomic E-state index is 0.0282. The van der Waals surface area contributed by atoms with E-state index in [0.717, 1.165) is 22.7 Å². The van der Waals surface area contributed by atoms with E-state index in [0.29, 0.717) is 30.8 Å². The highest BCUT2D eigenvalue weighted by molar-refractivity contribution is 7.89. The number of carbonyl (C=O) groups excluding carboxylic acids is 1. The minimum Gasteiger partial charge on any atom is -0.338 e. The predicted molar refractivity (Wildman–Crippen MR) is 113 cm³/mol. The van der Waals surface area contributed by atoms with Gasteiger partial charge >= 0.3 is 0 Å². The Morgan fingerprint density at radius 2 is 1.73 bits per heavy atom. The standard InChI is InChI=1S/C21H20FN3O3S2/c22-16-6-8-18(9-7-16)30(27,28)24-17-10-12-25(13-11-17)21(26)19-14-23-20(29-19)15-4-2-1-3-5-15/h1-9,14,17,24H,10-13H2. The number of halogens is 1. The van der Waals surface area contributed by atoms with Crippen molar-refractivity contribution in [3.8, 4) is 10.6 Å². The Hall–Kier alpha value is -2.62. The molecule has 0 spiro atoms. The number of sulfonamides is 1. The van der Waals surface area contributed by atoms with Crippen LogP contribution in [0.15, 0.2) is 65.7 Å². The maximum absolute atomic E-state index is 13.0. The fourth-order valence-corrected chi connectivity index (χ4v) is 5.54. The molecular formula is C21H20FN3O3S2. The molecule has 6 nitrogen and oxygen atoms in total. The summed E-state index contributed by atoms with van der Waals surface area (Å²) < 4.78 is 40.6. The quantitative estimate of drug-likeness (QED) is 0.652. The van der Waals surface area contributed by atoms with E-state index in [2.05, 4.69) is 9.71 Å². The molecule has 0 unspecified atom stereocenters. The fraction of sp³-hybridized carbons (Fsp3) is 0.238. The third-order valence-electron chi connectivity index (χ3n) is 4.97. The van der Waals surface area contributed by atoms with E-state index in [1.165, 1.54) is 23.5 Å². The van der Waals surface area contributed by atoms with E-state index in [-0.39, 0.29) is 16.8 Å². The van der Waals surface area contributed by atoms with Gasteiger partial charge < -0.3 is 4.90 Å². The summed E-state index contributed by atoms with van der Waals surface area (Å²) in [4.78, 5) is 19.5. The molecule has 4 rings (SSSR count). The number of amides is 1. The average molecular weight is 446 g/mol. The number of nitrogens with zero attached hydrogens (tertiary/aromatic N) is 2. The van der Waals surface area contributed by atoms with Gasteiger partial charge in [-0.1, -0.05) is 30.3 Å². The second-order valence-electron chi connectivity index (χ2n) is 7.04. The number of hydrogen-bond donors (Lipinski definition) is 1. The van der Waals surface area contributed by atoms with E-state index in [4.69, 9.17) is 0 Å². The number of likely N-dealkylation sites (tertiary alicyclic amines) is 1.